The molecule has 0 spiro atoms. The van der Waals surface area contributed by atoms with Crippen LogP contribution in [0.25, 0.3) is 12.2 Å². The molecule has 12 nitrogen and oxygen atoms in total. The van der Waals surface area contributed by atoms with Crippen molar-refractivity contribution in [1.29, 1.82) is 0 Å². The average Bonchev–Trinajstić information content (AvgIpc) is 3.15. The quantitative estimate of drug-likeness (QED) is 0.121. The van der Waals surface area contributed by atoms with E-state index >= 15 is 8.42 Å². The van der Waals surface area contributed by atoms with E-state index in [0.717, 1.165) is 11.1 Å². The minimum Gasteiger partial charge on any atom is -0.494 e. The number of hydrogen-bond acceptors (Lipinski definition) is 12. The molecule has 4 aromatic carbocycles. The summed E-state index contributed by atoms with van der Waals surface area (Å²) in [7, 11) is 6.55. The first-order valence-electron chi connectivity index (χ1n) is 15.6. The number of methoxy groups -OCH3 is 8. The van der Waals surface area contributed by atoms with E-state index in [1.807, 2.05) is 60.7 Å². The summed E-state index contributed by atoms with van der Waals surface area (Å²) in [6, 6.07) is 18.4. The molecule has 4 N–H and O–H groups in total. The summed E-state index contributed by atoms with van der Waals surface area (Å²) in [5, 5.41) is -3.03. The zero-order chi connectivity index (χ0) is 37.3. The van der Waals surface area contributed by atoms with Crippen LogP contribution in [-0.4, -0.2) is 65.3 Å². The molecule has 0 fully saturated rings. The molecule has 0 radical (unpaired) electrons. The summed E-state index contributed by atoms with van der Waals surface area (Å²) >= 11 is 0. The largest absolute Gasteiger partial charge is 0.494 e. The van der Waals surface area contributed by atoms with Crippen molar-refractivity contribution >= 4 is 33.4 Å². The highest BCUT2D eigenvalue weighted by Gasteiger charge is 2.44. The number of sulfone groups is 1. The molecular weight excluding hydrogens is 676 g/mol. The van der Waals surface area contributed by atoms with Crippen LogP contribution in [0.15, 0.2) is 72.8 Å². The Morgan fingerprint density at radius 3 is 1.02 bits per heavy atom. The maximum absolute atomic E-state index is 15.7. The average molecular weight is 721 g/mol. The van der Waals surface area contributed by atoms with E-state index in [9.17, 15) is 0 Å². The Kier molecular flexibility index (Phi) is 12.6. The minimum absolute atomic E-state index is 0.00265. The van der Waals surface area contributed by atoms with Gasteiger partial charge in [-0.05, 0) is 11.1 Å². The molecule has 4 rings (SSSR count). The van der Waals surface area contributed by atoms with Gasteiger partial charge in [0.2, 0.25) is 11.5 Å². The van der Waals surface area contributed by atoms with Gasteiger partial charge in [-0.1, -0.05) is 85.0 Å². The third kappa shape index (κ3) is 7.29. The van der Waals surface area contributed by atoms with E-state index < -0.39 is 20.3 Å². The Balaban J connectivity index is 2.22. The van der Waals surface area contributed by atoms with Gasteiger partial charge >= 0.3 is 0 Å². The Hall–Kier alpha value is -5.69. The highest BCUT2D eigenvalue weighted by molar-refractivity contribution is 7.92. The number of rotatable bonds is 16. The van der Waals surface area contributed by atoms with Crippen molar-refractivity contribution in [2.75, 3.05) is 68.3 Å². The van der Waals surface area contributed by atoms with Gasteiger partial charge in [0.25, 0.3) is 0 Å². The minimum atomic E-state index is -4.56. The summed E-state index contributed by atoms with van der Waals surface area (Å²) < 4.78 is 77.3. The van der Waals surface area contributed by atoms with E-state index in [1.54, 1.807) is 12.2 Å². The summed E-state index contributed by atoms with van der Waals surface area (Å²) in [5.74, 6) is 0.433. The fourth-order valence-corrected chi connectivity index (χ4v) is 7.96. The molecule has 0 bridgehead atoms. The van der Waals surface area contributed by atoms with Crippen LogP contribution >= 0.6 is 0 Å². The molecule has 0 amide bonds. The fraction of sp³-hybridized carbons (Fsp3) is 0.263. The number of hydrogen-bond donors (Lipinski definition) is 2. The van der Waals surface area contributed by atoms with Gasteiger partial charge in [-0.2, -0.15) is 0 Å². The molecule has 4 aromatic rings. The third-order valence-electron chi connectivity index (χ3n) is 8.22. The predicted molar refractivity (Wildman–Crippen MR) is 199 cm³/mol. The van der Waals surface area contributed by atoms with Crippen LogP contribution in [0.3, 0.4) is 0 Å². The Morgan fingerprint density at radius 2 is 0.745 bits per heavy atom. The van der Waals surface area contributed by atoms with Crippen LogP contribution in [-0.2, 0) is 9.84 Å². The summed E-state index contributed by atoms with van der Waals surface area (Å²) in [4.78, 5) is 0. The lowest BCUT2D eigenvalue weighted by atomic mass is 10.0. The van der Waals surface area contributed by atoms with Crippen LogP contribution in [0.5, 0.6) is 46.0 Å². The molecular formula is C38H44N2O10S. The van der Waals surface area contributed by atoms with Gasteiger partial charge in [0, 0.05) is 0 Å². The van der Waals surface area contributed by atoms with Crippen molar-refractivity contribution in [3.05, 3.63) is 95.1 Å². The van der Waals surface area contributed by atoms with E-state index in [-0.39, 0.29) is 68.5 Å². The number of benzene rings is 4. The molecule has 2 atom stereocenters. The molecule has 0 heterocycles. The molecule has 0 aliphatic rings. The molecule has 13 heteroatoms. The molecule has 2 unspecified atom stereocenters. The lowest BCUT2D eigenvalue weighted by Crippen LogP contribution is -2.22. The number of ether oxygens (including phenoxy) is 8. The zero-order valence-corrected chi connectivity index (χ0v) is 30.7. The maximum Gasteiger partial charge on any atom is 0.206 e. The van der Waals surface area contributed by atoms with Crippen LogP contribution in [0.2, 0.25) is 0 Å². The van der Waals surface area contributed by atoms with Crippen molar-refractivity contribution in [3.8, 4) is 46.0 Å². The highest BCUT2D eigenvalue weighted by atomic mass is 32.2. The van der Waals surface area contributed by atoms with Crippen LogP contribution < -0.4 is 49.4 Å². The maximum atomic E-state index is 15.7. The first-order valence-corrected chi connectivity index (χ1v) is 17.2. The lowest BCUT2D eigenvalue weighted by molar-refractivity contribution is 0.316. The van der Waals surface area contributed by atoms with Gasteiger partial charge in [0.1, 0.15) is 21.9 Å². The molecule has 51 heavy (non-hydrogen) atoms. The predicted octanol–water partition coefficient (Wildman–Crippen LogP) is 6.54. The Bertz CT molecular complexity index is 1850. The van der Waals surface area contributed by atoms with Crippen LogP contribution in [0.4, 0.5) is 11.4 Å². The number of nitrogens with two attached hydrogens (primary N) is 2. The third-order valence-corrected chi connectivity index (χ3v) is 10.4. The van der Waals surface area contributed by atoms with Crippen molar-refractivity contribution in [2.24, 2.45) is 0 Å². The van der Waals surface area contributed by atoms with Gasteiger partial charge in [-0.3, -0.25) is 0 Å². The fourth-order valence-electron chi connectivity index (χ4n) is 5.96. The molecule has 0 aromatic heterocycles. The van der Waals surface area contributed by atoms with Gasteiger partial charge < -0.3 is 49.4 Å². The molecule has 272 valence electrons. The normalized spacial score (nSPS) is 12.7. The monoisotopic (exact) mass is 720 g/mol. The summed E-state index contributed by atoms with van der Waals surface area (Å²) in [6.07, 6.45) is 6.43. The summed E-state index contributed by atoms with van der Waals surface area (Å²) in [5.41, 5.74) is 14.8. The zero-order valence-electron chi connectivity index (χ0n) is 29.9. The van der Waals surface area contributed by atoms with E-state index in [0.29, 0.717) is 0 Å². The van der Waals surface area contributed by atoms with Gasteiger partial charge in [-0.15, -0.1) is 0 Å². The Labute approximate surface area is 299 Å². The van der Waals surface area contributed by atoms with Crippen LogP contribution in [0, 0.1) is 0 Å². The first-order chi connectivity index (χ1) is 24.6. The van der Waals surface area contributed by atoms with Crippen molar-refractivity contribution in [2.45, 2.75) is 10.5 Å². The number of anilines is 2. The molecule has 0 aliphatic carbocycles. The molecule has 0 saturated heterocycles. The smallest absolute Gasteiger partial charge is 0.206 e. The van der Waals surface area contributed by atoms with Gasteiger partial charge in [-0.25, -0.2) is 8.42 Å². The second kappa shape index (κ2) is 16.8. The second-order valence-electron chi connectivity index (χ2n) is 10.9. The number of nitrogen functional groups attached to an aromatic ring is 2. The Morgan fingerprint density at radius 1 is 0.451 bits per heavy atom. The van der Waals surface area contributed by atoms with Gasteiger partial charge in [0.05, 0.1) is 68.0 Å². The standard InChI is InChI=1S/C38H44N2O10S/c1-43-31-27(33(45-3)37(49-7)35(47-5)29(31)39)25(21-19-23-15-11-9-12-16-23)51(41,42)26(22-20-24-17-13-10-14-18-24)28-32(44-2)30(40)36(48-6)38(50-8)34(28)46-4/h9-22,25-26H,39-40H2,1-8H3. The topological polar surface area (TPSA) is 160 Å². The SMILES string of the molecule is COc1c(N)c(OC)c(C(C=Cc2ccccc2)S(=O)(=O)C(C=Cc2ccccc2)c2c(OC)c(N)c(OC)c(OC)c2OC)c(OC)c1OC. The van der Waals surface area contributed by atoms with E-state index in [2.05, 4.69) is 0 Å². The van der Waals surface area contributed by atoms with Gasteiger partial charge in [0.15, 0.2) is 44.3 Å². The molecule has 0 saturated carbocycles. The van der Waals surface area contributed by atoms with Crippen molar-refractivity contribution < 1.29 is 46.3 Å². The summed E-state index contributed by atoms with van der Waals surface area (Å²) in [6.45, 7) is 0. The second-order valence-corrected chi connectivity index (χ2v) is 13.1. The van der Waals surface area contributed by atoms with E-state index in [4.69, 9.17) is 49.4 Å². The van der Waals surface area contributed by atoms with Crippen molar-refractivity contribution in [1.82, 2.24) is 0 Å². The molecule has 0 aliphatic heterocycles. The van der Waals surface area contributed by atoms with E-state index in [1.165, 1.54) is 69.0 Å². The lowest BCUT2D eigenvalue weighted by Gasteiger charge is -2.29. The van der Waals surface area contributed by atoms with Crippen molar-refractivity contribution in [3.63, 3.8) is 0 Å². The first kappa shape index (κ1) is 38.1. The highest BCUT2D eigenvalue weighted by Crippen LogP contribution is 2.59. The van der Waals surface area contributed by atoms with Crippen LogP contribution in [0.1, 0.15) is 32.8 Å².